The molecule has 1 aromatic rings. The van der Waals surface area contributed by atoms with Crippen LogP contribution in [0.5, 0.6) is 0 Å². The number of nitrogens with zero attached hydrogens (tertiary/aromatic N) is 1. The average molecular weight is 663 g/mol. The van der Waals surface area contributed by atoms with Crippen LogP contribution in [0.3, 0.4) is 0 Å². The summed E-state index contributed by atoms with van der Waals surface area (Å²) in [4.78, 5) is 64.2. The van der Waals surface area contributed by atoms with E-state index in [9.17, 15) is 24.0 Å². The molecule has 0 aromatic heterocycles. The van der Waals surface area contributed by atoms with Crippen molar-refractivity contribution in [3.63, 3.8) is 0 Å². The molecule has 1 saturated carbocycles. The molecule has 0 heterocycles. The molecule has 14 heteroatoms. The van der Waals surface area contributed by atoms with Gasteiger partial charge in [-0.1, -0.05) is 77.3 Å². The Bertz CT molecular complexity index is 1150. The molecule has 1 fully saturated rings. The molecule has 47 heavy (non-hydrogen) atoms. The number of amides is 4. The van der Waals surface area contributed by atoms with Crippen molar-refractivity contribution in [1.29, 1.82) is 0 Å². The van der Waals surface area contributed by atoms with Gasteiger partial charge in [-0.3, -0.25) is 19.8 Å². The van der Waals surface area contributed by atoms with E-state index in [0.717, 1.165) is 37.7 Å². The summed E-state index contributed by atoms with van der Waals surface area (Å²) in [6, 6.07) is 6.73. The van der Waals surface area contributed by atoms with Crippen molar-refractivity contribution in [2.45, 2.75) is 90.4 Å². The minimum absolute atomic E-state index is 0.00553. The van der Waals surface area contributed by atoms with Crippen LogP contribution in [0.25, 0.3) is 0 Å². The molecule has 0 radical (unpaired) electrons. The molecule has 1 aromatic carbocycles. The Morgan fingerprint density at radius 3 is 1.89 bits per heavy atom. The van der Waals surface area contributed by atoms with E-state index < -0.39 is 60.7 Å². The van der Waals surface area contributed by atoms with E-state index in [-0.39, 0.29) is 30.7 Å². The van der Waals surface area contributed by atoms with Crippen LogP contribution in [-0.4, -0.2) is 93.1 Å². The summed E-state index contributed by atoms with van der Waals surface area (Å²) in [5.41, 5.74) is 9.49. The second kappa shape index (κ2) is 20.4. The zero-order chi connectivity index (χ0) is 34.9. The Labute approximate surface area is 278 Å². The lowest BCUT2D eigenvalue weighted by molar-refractivity contribution is -0.152. The highest BCUT2D eigenvalue weighted by Gasteiger charge is 2.35. The molecular formula is C33H54N6O8. The van der Waals surface area contributed by atoms with Gasteiger partial charge in [0.2, 0.25) is 5.91 Å². The number of alkyl carbamates (subject to hydrolysis) is 2. The van der Waals surface area contributed by atoms with Crippen molar-refractivity contribution in [3.8, 4) is 0 Å². The summed E-state index contributed by atoms with van der Waals surface area (Å²) in [5, 5.41) is 9.88. The summed E-state index contributed by atoms with van der Waals surface area (Å²) in [6.07, 6.45) is 2.99. The van der Waals surface area contributed by atoms with E-state index in [1.807, 2.05) is 30.3 Å². The smallest absolute Gasteiger partial charge is 0.407 e. The van der Waals surface area contributed by atoms with Crippen molar-refractivity contribution in [2.75, 3.05) is 33.9 Å². The maximum Gasteiger partial charge on any atom is 0.407 e. The maximum absolute atomic E-state index is 13.7. The first-order chi connectivity index (χ1) is 22.4. The Morgan fingerprint density at radius 2 is 1.38 bits per heavy atom. The number of nitrogens with one attached hydrogen (secondary N) is 4. The van der Waals surface area contributed by atoms with Gasteiger partial charge in [-0.2, -0.15) is 0 Å². The minimum atomic E-state index is -0.976. The molecule has 264 valence electrons. The molecule has 6 N–H and O–H groups in total. The van der Waals surface area contributed by atoms with Gasteiger partial charge in [0, 0.05) is 6.54 Å². The monoisotopic (exact) mass is 662 g/mol. The van der Waals surface area contributed by atoms with Crippen LogP contribution < -0.4 is 27.1 Å². The van der Waals surface area contributed by atoms with Crippen LogP contribution in [0.15, 0.2) is 30.3 Å². The molecule has 0 saturated heterocycles. The van der Waals surface area contributed by atoms with Crippen LogP contribution >= 0.6 is 0 Å². The molecule has 2 rings (SSSR count). The third kappa shape index (κ3) is 13.8. The molecular weight excluding hydrogens is 608 g/mol. The normalized spacial score (nSPS) is 16.0. The number of hydrogen-bond donors (Lipinski definition) is 5. The number of hydrogen-bond acceptors (Lipinski definition) is 10. The Kier molecular flexibility index (Phi) is 17.0. The van der Waals surface area contributed by atoms with Gasteiger partial charge in [0.15, 0.2) is 0 Å². The summed E-state index contributed by atoms with van der Waals surface area (Å²) in [7, 11) is 2.44. The van der Waals surface area contributed by atoms with Gasteiger partial charge in [-0.05, 0) is 42.6 Å². The predicted molar refractivity (Wildman–Crippen MR) is 176 cm³/mol. The summed E-state index contributed by atoms with van der Waals surface area (Å²) >= 11 is 0. The number of esters is 1. The summed E-state index contributed by atoms with van der Waals surface area (Å²) in [5.74, 6) is -1.95. The lowest BCUT2D eigenvalue weighted by Crippen LogP contribution is -2.60. The quantitative estimate of drug-likeness (QED) is 0.0940. The van der Waals surface area contributed by atoms with Crippen LogP contribution in [0, 0.1) is 17.8 Å². The third-order valence-electron chi connectivity index (χ3n) is 8.21. The van der Waals surface area contributed by atoms with Gasteiger partial charge in [-0.25, -0.2) is 14.6 Å². The number of carbonyl (C=O) groups is 5. The SMILES string of the molecule is COC(=O)NC(C(=O)NC(Cc1ccccc1)C(CN(CC1CCCCC1)NC(=O)C(NC(=O)OC)C(C)C)OC(=O)CN)C(C)C. The number of carbonyl (C=O) groups excluding carboxylic acids is 5. The number of ether oxygens (including phenoxy) is 3. The summed E-state index contributed by atoms with van der Waals surface area (Å²) < 4.78 is 15.4. The number of rotatable bonds is 17. The molecule has 14 nitrogen and oxygen atoms in total. The molecule has 0 spiro atoms. The van der Waals surface area contributed by atoms with Crippen LogP contribution in [-0.2, 0) is 35.0 Å². The first kappa shape index (κ1) is 39.3. The zero-order valence-corrected chi connectivity index (χ0v) is 28.6. The highest BCUT2D eigenvalue weighted by atomic mass is 16.5. The van der Waals surface area contributed by atoms with Gasteiger partial charge in [-0.15, -0.1) is 0 Å². The van der Waals surface area contributed by atoms with Crippen molar-refractivity contribution in [2.24, 2.45) is 23.5 Å². The van der Waals surface area contributed by atoms with E-state index in [1.54, 1.807) is 32.7 Å². The number of benzene rings is 1. The first-order valence-electron chi connectivity index (χ1n) is 16.4. The minimum Gasteiger partial charge on any atom is -0.458 e. The van der Waals surface area contributed by atoms with Gasteiger partial charge in [0.25, 0.3) is 5.91 Å². The molecule has 4 amide bonds. The highest BCUT2D eigenvalue weighted by Crippen LogP contribution is 2.25. The topological polar surface area (TPSA) is 190 Å². The lowest BCUT2D eigenvalue weighted by atomic mass is 9.89. The van der Waals surface area contributed by atoms with Gasteiger partial charge in [0.05, 0.1) is 33.4 Å². The molecule has 1 aliphatic rings. The number of hydrazine groups is 1. The fourth-order valence-electron chi connectivity index (χ4n) is 5.61. The fraction of sp³-hybridized carbons (Fsp3) is 0.667. The van der Waals surface area contributed by atoms with Crippen molar-refractivity contribution >= 4 is 30.0 Å². The number of nitrogens with two attached hydrogens (primary N) is 1. The van der Waals surface area contributed by atoms with Crippen LogP contribution in [0.4, 0.5) is 9.59 Å². The lowest BCUT2D eigenvalue weighted by Gasteiger charge is -2.36. The van der Waals surface area contributed by atoms with E-state index in [0.29, 0.717) is 6.54 Å². The first-order valence-corrected chi connectivity index (χ1v) is 16.4. The Balaban J connectivity index is 2.50. The standard InChI is InChI=1S/C33H54N6O8/c1-21(2)28(36-32(43)45-5)30(41)35-25(17-23-13-9-7-10-14-23)26(47-27(40)18-34)20-39(19-24-15-11-8-12-16-24)38-31(42)29(22(3)4)37-33(44)46-6/h7,9-10,13-14,21-22,24-26,28-29H,8,11-12,15-20,34H2,1-6H3,(H,35,41)(H,36,43)(H,37,44)(H,38,42). The second-order valence-corrected chi connectivity index (χ2v) is 12.6. The molecule has 0 aliphatic heterocycles. The van der Waals surface area contributed by atoms with Crippen LogP contribution in [0.2, 0.25) is 0 Å². The second-order valence-electron chi connectivity index (χ2n) is 12.6. The summed E-state index contributed by atoms with van der Waals surface area (Å²) in [6.45, 7) is 7.24. The van der Waals surface area contributed by atoms with E-state index in [2.05, 4.69) is 21.4 Å². The molecule has 4 unspecified atom stereocenters. The van der Waals surface area contributed by atoms with Crippen LogP contribution in [0.1, 0.15) is 65.4 Å². The van der Waals surface area contributed by atoms with Crippen molar-refractivity contribution < 1.29 is 38.2 Å². The van der Waals surface area contributed by atoms with Gasteiger partial charge < -0.3 is 35.9 Å². The van der Waals surface area contributed by atoms with Crippen molar-refractivity contribution in [3.05, 3.63) is 35.9 Å². The van der Waals surface area contributed by atoms with Gasteiger partial charge >= 0.3 is 18.2 Å². The third-order valence-corrected chi connectivity index (χ3v) is 8.21. The zero-order valence-electron chi connectivity index (χ0n) is 28.6. The Hall–Kier alpha value is -3.91. The van der Waals surface area contributed by atoms with Gasteiger partial charge in [0.1, 0.15) is 18.2 Å². The molecule has 0 bridgehead atoms. The predicted octanol–water partition coefficient (Wildman–Crippen LogP) is 2.26. The molecule has 4 atom stereocenters. The van der Waals surface area contributed by atoms with E-state index >= 15 is 0 Å². The fourth-order valence-corrected chi connectivity index (χ4v) is 5.61. The maximum atomic E-state index is 13.7. The largest absolute Gasteiger partial charge is 0.458 e. The Morgan fingerprint density at radius 1 is 0.830 bits per heavy atom. The van der Waals surface area contributed by atoms with E-state index in [1.165, 1.54) is 14.2 Å². The van der Waals surface area contributed by atoms with E-state index in [4.69, 9.17) is 19.9 Å². The molecule has 1 aliphatic carbocycles. The number of methoxy groups -OCH3 is 2. The average Bonchev–Trinajstić information content (AvgIpc) is 3.05. The highest BCUT2D eigenvalue weighted by molar-refractivity contribution is 5.86. The van der Waals surface area contributed by atoms with Crippen molar-refractivity contribution in [1.82, 2.24) is 26.4 Å².